The highest BCUT2D eigenvalue weighted by atomic mass is 19.1. The van der Waals surface area contributed by atoms with Crippen LogP contribution in [0.1, 0.15) is 78.7 Å². The number of piperidine rings is 2. The molecule has 3 rings (SSSR count). The molecule has 0 spiro atoms. The highest BCUT2D eigenvalue weighted by Crippen LogP contribution is 2.40. The van der Waals surface area contributed by atoms with E-state index >= 15 is 4.39 Å². The zero-order valence-electron chi connectivity index (χ0n) is 20.5. The number of ether oxygens (including phenoxy) is 1. The summed E-state index contributed by atoms with van der Waals surface area (Å²) in [6.07, 6.45) is 1.59. The highest BCUT2D eigenvalue weighted by Gasteiger charge is 2.41. The van der Waals surface area contributed by atoms with Gasteiger partial charge in [-0.15, -0.1) is 0 Å². The van der Waals surface area contributed by atoms with Gasteiger partial charge in [0.15, 0.2) is 0 Å². The molecular formula is C25H36FN3O4. The largest absolute Gasteiger partial charge is 0.444 e. The molecule has 7 nitrogen and oxygen atoms in total. The van der Waals surface area contributed by atoms with E-state index < -0.39 is 17.6 Å². The highest BCUT2D eigenvalue weighted by molar-refractivity contribution is 6.01. The molecule has 33 heavy (non-hydrogen) atoms. The van der Waals surface area contributed by atoms with Crippen molar-refractivity contribution in [3.8, 4) is 0 Å². The van der Waals surface area contributed by atoms with Crippen LogP contribution < -0.4 is 10.6 Å². The Hall–Kier alpha value is -2.64. The number of anilines is 1. The minimum absolute atomic E-state index is 0.0300. The van der Waals surface area contributed by atoms with E-state index in [-0.39, 0.29) is 41.6 Å². The minimum atomic E-state index is -0.576. The molecule has 2 N–H and O–H groups in total. The van der Waals surface area contributed by atoms with Crippen molar-refractivity contribution in [2.24, 2.45) is 5.41 Å². The number of likely N-dealkylation sites (tertiary alicyclic amines) is 1. The number of nitrogens with zero attached hydrogens (tertiary/aromatic N) is 1. The molecule has 1 aromatic rings. The van der Waals surface area contributed by atoms with Gasteiger partial charge in [-0.05, 0) is 69.1 Å². The summed E-state index contributed by atoms with van der Waals surface area (Å²) in [6, 6.07) is 4.29. The maximum absolute atomic E-state index is 15.1. The van der Waals surface area contributed by atoms with E-state index in [1.807, 2.05) is 20.8 Å². The monoisotopic (exact) mass is 461 g/mol. The van der Waals surface area contributed by atoms with Crippen LogP contribution in [0.5, 0.6) is 0 Å². The first-order valence-electron chi connectivity index (χ1n) is 11.6. The smallest absolute Gasteiger partial charge is 0.410 e. The molecule has 0 aromatic heterocycles. The van der Waals surface area contributed by atoms with Crippen LogP contribution in [0.15, 0.2) is 18.2 Å². The van der Waals surface area contributed by atoms with Gasteiger partial charge in [-0.1, -0.05) is 26.8 Å². The predicted molar refractivity (Wildman–Crippen MR) is 124 cm³/mol. The van der Waals surface area contributed by atoms with E-state index in [0.29, 0.717) is 37.1 Å². The van der Waals surface area contributed by atoms with Gasteiger partial charge in [0, 0.05) is 24.7 Å². The van der Waals surface area contributed by atoms with Crippen LogP contribution in [0.3, 0.4) is 0 Å². The third-order valence-corrected chi connectivity index (χ3v) is 6.25. The fraction of sp³-hybridized carbons (Fsp3) is 0.640. The molecule has 1 aromatic carbocycles. The van der Waals surface area contributed by atoms with E-state index in [1.54, 1.807) is 17.0 Å². The molecule has 0 radical (unpaired) electrons. The van der Waals surface area contributed by atoms with Crippen LogP contribution in [0.2, 0.25) is 0 Å². The average Bonchev–Trinajstić information content (AvgIpc) is 2.68. The Bertz CT molecular complexity index is 919. The number of halogens is 1. The number of benzene rings is 1. The Morgan fingerprint density at radius 1 is 1.15 bits per heavy atom. The number of hydrogen-bond acceptors (Lipinski definition) is 5. The lowest BCUT2D eigenvalue weighted by atomic mass is 9.75. The van der Waals surface area contributed by atoms with Crippen molar-refractivity contribution in [2.75, 3.05) is 11.9 Å². The summed E-state index contributed by atoms with van der Waals surface area (Å²) in [7, 11) is 0. The van der Waals surface area contributed by atoms with E-state index in [0.717, 1.165) is 0 Å². The molecule has 2 aliphatic rings. The molecule has 0 bridgehead atoms. The lowest BCUT2D eigenvalue weighted by molar-refractivity contribution is -0.133. The Morgan fingerprint density at radius 3 is 2.42 bits per heavy atom. The molecule has 3 amide bonds. The summed E-state index contributed by atoms with van der Waals surface area (Å²) in [5, 5.41) is 5.32. The van der Waals surface area contributed by atoms with Crippen LogP contribution in [-0.4, -0.2) is 47.0 Å². The topological polar surface area (TPSA) is 87.7 Å². The van der Waals surface area contributed by atoms with Crippen molar-refractivity contribution in [1.82, 2.24) is 10.2 Å². The van der Waals surface area contributed by atoms with Crippen molar-refractivity contribution in [3.05, 3.63) is 29.6 Å². The maximum atomic E-state index is 15.1. The lowest BCUT2D eigenvalue weighted by Gasteiger charge is -2.46. The fourth-order valence-corrected chi connectivity index (χ4v) is 4.59. The van der Waals surface area contributed by atoms with Crippen LogP contribution in [0.4, 0.5) is 14.9 Å². The summed E-state index contributed by atoms with van der Waals surface area (Å²) < 4.78 is 20.8. The van der Waals surface area contributed by atoms with Gasteiger partial charge < -0.3 is 15.0 Å². The van der Waals surface area contributed by atoms with Crippen molar-refractivity contribution in [3.63, 3.8) is 0 Å². The number of rotatable bonds is 3. The summed E-state index contributed by atoms with van der Waals surface area (Å²) >= 11 is 0. The molecule has 2 aliphatic heterocycles. The summed E-state index contributed by atoms with van der Waals surface area (Å²) in [5.41, 5.74) is 0.346. The van der Waals surface area contributed by atoms with Crippen LogP contribution >= 0.6 is 0 Å². The van der Waals surface area contributed by atoms with Crippen molar-refractivity contribution in [2.45, 2.75) is 90.8 Å². The average molecular weight is 462 g/mol. The quantitative estimate of drug-likeness (QED) is 0.644. The SMILES string of the molecule is CC(C)(C)OC(=O)N1CCC(c2ccc(N[C@@H]3CCC(=O)NC3=O)cc2F)CC1C(C)(C)C. The van der Waals surface area contributed by atoms with Crippen LogP contribution in [0.25, 0.3) is 0 Å². The predicted octanol–water partition coefficient (Wildman–Crippen LogP) is 4.57. The Kier molecular flexibility index (Phi) is 7.05. The lowest BCUT2D eigenvalue weighted by Crippen LogP contribution is -2.53. The number of imide groups is 1. The van der Waals surface area contributed by atoms with E-state index in [4.69, 9.17) is 4.74 Å². The normalized spacial score (nSPS) is 24.3. The van der Waals surface area contributed by atoms with Gasteiger partial charge in [0.1, 0.15) is 17.5 Å². The maximum Gasteiger partial charge on any atom is 0.410 e. The van der Waals surface area contributed by atoms with Gasteiger partial charge in [-0.25, -0.2) is 9.18 Å². The molecule has 8 heteroatoms. The van der Waals surface area contributed by atoms with E-state index in [2.05, 4.69) is 31.4 Å². The number of amides is 3. The van der Waals surface area contributed by atoms with Gasteiger partial charge >= 0.3 is 6.09 Å². The van der Waals surface area contributed by atoms with Gasteiger partial charge in [0.05, 0.1) is 0 Å². The van der Waals surface area contributed by atoms with Crippen LogP contribution in [0, 0.1) is 11.2 Å². The second-order valence-corrected chi connectivity index (χ2v) is 11.2. The minimum Gasteiger partial charge on any atom is -0.444 e. The standard InChI is InChI=1S/C25H36FN3O4/c1-24(2,3)20-13-15(11-12-29(20)23(32)33-25(4,5)6)17-8-7-16(14-18(17)26)27-19-9-10-21(30)28-22(19)31/h7-8,14-15,19-20,27H,9-13H2,1-6H3,(H,28,30,31)/t15?,19-,20?/m1/s1. The first kappa shape index (κ1) is 25.0. The second kappa shape index (κ2) is 9.31. The van der Waals surface area contributed by atoms with Gasteiger partial charge in [-0.2, -0.15) is 0 Å². The fourth-order valence-electron chi connectivity index (χ4n) is 4.59. The van der Waals surface area contributed by atoms with Crippen LogP contribution in [-0.2, 0) is 14.3 Å². The zero-order valence-corrected chi connectivity index (χ0v) is 20.5. The number of nitrogens with one attached hydrogen (secondary N) is 2. The summed E-state index contributed by atoms with van der Waals surface area (Å²) in [5.74, 6) is -1.04. The molecular weight excluding hydrogens is 425 g/mol. The Labute approximate surface area is 195 Å². The Morgan fingerprint density at radius 2 is 1.85 bits per heavy atom. The summed E-state index contributed by atoms with van der Waals surface area (Å²) in [4.78, 5) is 37.9. The molecule has 2 fully saturated rings. The third-order valence-electron chi connectivity index (χ3n) is 6.25. The zero-order chi connectivity index (χ0) is 24.6. The Balaban J connectivity index is 1.73. The molecule has 2 saturated heterocycles. The van der Waals surface area contributed by atoms with Crippen molar-refractivity contribution in [1.29, 1.82) is 0 Å². The number of carbonyl (C=O) groups is 3. The summed E-state index contributed by atoms with van der Waals surface area (Å²) in [6.45, 7) is 12.3. The molecule has 3 atom stereocenters. The van der Waals surface area contributed by atoms with Gasteiger partial charge in [-0.3, -0.25) is 14.9 Å². The van der Waals surface area contributed by atoms with Gasteiger partial charge in [0.25, 0.3) is 0 Å². The third kappa shape index (κ3) is 6.24. The molecule has 2 heterocycles. The van der Waals surface area contributed by atoms with E-state index in [1.165, 1.54) is 6.07 Å². The molecule has 0 saturated carbocycles. The molecule has 182 valence electrons. The van der Waals surface area contributed by atoms with Crippen molar-refractivity contribution < 1.29 is 23.5 Å². The first-order valence-corrected chi connectivity index (χ1v) is 11.6. The molecule has 0 aliphatic carbocycles. The number of carbonyl (C=O) groups excluding carboxylic acids is 3. The molecule has 2 unspecified atom stereocenters. The van der Waals surface area contributed by atoms with Gasteiger partial charge in [0.2, 0.25) is 11.8 Å². The van der Waals surface area contributed by atoms with E-state index in [9.17, 15) is 14.4 Å². The second-order valence-electron chi connectivity index (χ2n) is 11.2. The van der Waals surface area contributed by atoms with Crippen molar-refractivity contribution >= 4 is 23.6 Å². The first-order chi connectivity index (χ1) is 15.2. The number of hydrogen-bond donors (Lipinski definition) is 2.